The van der Waals surface area contributed by atoms with Gasteiger partial charge in [0.25, 0.3) is 5.91 Å². The third-order valence-electron chi connectivity index (χ3n) is 5.64. The fourth-order valence-corrected chi connectivity index (χ4v) is 3.85. The van der Waals surface area contributed by atoms with Gasteiger partial charge in [-0.3, -0.25) is 9.59 Å². The molecule has 0 spiro atoms. The van der Waals surface area contributed by atoms with E-state index in [1.54, 1.807) is 11.8 Å². The fourth-order valence-electron chi connectivity index (χ4n) is 3.85. The minimum Gasteiger partial charge on any atom is -0.441 e. The number of aromatic nitrogens is 1. The number of carbonyl (C=O) groups is 2. The van der Waals surface area contributed by atoms with E-state index in [2.05, 4.69) is 17.1 Å². The number of amides is 2. The van der Waals surface area contributed by atoms with Crippen LogP contribution in [0, 0.1) is 6.92 Å². The van der Waals surface area contributed by atoms with Crippen molar-refractivity contribution in [1.82, 2.24) is 14.8 Å². The van der Waals surface area contributed by atoms with E-state index in [1.807, 2.05) is 53.4 Å². The van der Waals surface area contributed by atoms with Crippen LogP contribution in [0.15, 0.2) is 65.1 Å². The lowest BCUT2D eigenvalue weighted by molar-refractivity contribution is -0.132. The van der Waals surface area contributed by atoms with Gasteiger partial charge >= 0.3 is 0 Å². The Kier molecular flexibility index (Phi) is 6.46. The van der Waals surface area contributed by atoms with Gasteiger partial charge in [-0.1, -0.05) is 48.5 Å². The first-order chi connectivity index (χ1) is 15.1. The van der Waals surface area contributed by atoms with Gasteiger partial charge in [-0.2, -0.15) is 0 Å². The molecular formula is C25H27N3O3. The third kappa shape index (κ3) is 5.02. The summed E-state index contributed by atoms with van der Waals surface area (Å²) in [6, 6.07) is 19.8. The fraction of sp³-hybridized carbons (Fsp3) is 0.320. The predicted molar refractivity (Wildman–Crippen MR) is 119 cm³/mol. The maximum Gasteiger partial charge on any atom is 0.276 e. The van der Waals surface area contributed by atoms with Gasteiger partial charge in [0.2, 0.25) is 11.8 Å². The van der Waals surface area contributed by atoms with Crippen molar-refractivity contribution < 1.29 is 14.0 Å². The van der Waals surface area contributed by atoms with Crippen molar-refractivity contribution in [3.8, 4) is 11.5 Å². The quantitative estimate of drug-likeness (QED) is 0.609. The highest BCUT2D eigenvalue weighted by Crippen LogP contribution is 2.22. The second-order valence-electron chi connectivity index (χ2n) is 7.80. The summed E-state index contributed by atoms with van der Waals surface area (Å²) < 4.78 is 5.73. The average molecular weight is 418 g/mol. The SMILES string of the molecule is Cc1oc(-c2ccccc2)nc1C(=O)N1CCN(C(=O)CCCc2ccccc2)CC1. The Morgan fingerprint density at radius 1 is 0.903 bits per heavy atom. The smallest absolute Gasteiger partial charge is 0.276 e. The summed E-state index contributed by atoms with van der Waals surface area (Å²) in [6.07, 6.45) is 2.27. The molecule has 2 heterocycles. The highest BCUT2D eigenvalue weighted by molar-refractivity contribution is 5.94. The van der Waals surface area contributed by atoms with Crippen LogP contribution in [0.25, 0.3) is 11.5 Å². The molecule has 0 N–H and O–H groups in total. The van der Waals surface area contributed by atoms with Crippen molar-refractivity contribution in [3.63, 3.8) is 0 Å². The van der Waals surface area contributed by atoms with Gasteiger partial charge in [-0.15, -0.1) is 0 Å². The van der Waals surface area contributed by atoms with E-state index in [-0.39, 0.29) is 11.8 Å². The Morgan fingerprint density at radius 2 is 1.52 bits per heavy atom. The Hall–Kier alpha value is -3.41. The monoisotopic (exact) mass is 417 g/mol. The van der Waals surface area contributed by atoms with E-state index in [4.69, 9.17) is 4.42 Å². The highest BCUT2D eigenvalue weighted by Gasteiger charge is 2.28. The van der Waals surface area contributed by atoms with Crippen LogP contribution in [-0.4, -0.2) is 52.8 Å². The first-order valence-electron chi connectivity index (χ1n) is 10.8. The molecule has 0 atom stereocenters. The van der Waals surface area contributed by atoms with Crippen molar-refractivity contribution in [2.45, 2.75) is 26.2 Å². The number of hydrogen-bond donors (Lipinski definition) is 0. The van der Waals surface area contributed by atoms with Crippen LogP contribution in [0.5, 0.6) is 0 Å². The number of piperazine rings is 1. The normalized spacial score (nSPS) is 14.0. The zero-order valence-electron chi connectivity index (χ0n) is 17.8. The van der Waals surface area contributed by atoms with E-state index in [0.717, 1.165) is 18.4 Å². The van der Waals surface area contributed by atoms with Crippen LogP contribution in [0.3, 0.4) is 0 Å². The molecule has 31 heavy (non-hydrogen) atoms. The summed E-state index contributed by atoms with van der Waals surface area (Å²) in [5.74, 6) is 0.989. The molecule has 6 nitrogen and oxygen atoms in total. The lowest BCUT2D eigenvalue weighted by Gasteiger charge is -2.34. The molecule has 160 valence electrons. The van der Waals surface area contributed by atoms with Gasteiger partial charge in [0.1, 0.15) is 5.76 Å². The number of benzene rings is 2. The van der Waals surface area contributed by atoms with Gasteiger partial charge in [-0.25, -0.2) is 4.98 Å². The molecule has 1 aliphatic heterocycles. The van der Waals surface area contributed by atoms with E-state index in [9.17, 15) is 9.59 Å². The zero-order valence-corrected chi connectivity index (χ0v) is 17.8. The van der Waals surface area contributed by atoms with Crippen molar-refractivity contribution >= 4 is 11.8 Å². The lowest BCUT2D eigenvalue weighted by atomic mass is 10.1. The van der Waals surface area contributed by atoms with Crippen molar-refractivity contribution in [1.29, 1.82) is 0 Å². The van der Waals surface area contributed by atoms with Gasteiger partial charge < -0.3 is 14.2 Å². The molecule has 3 aromatic rings. The molecule has 1 aliphatic rings. The second kappa shape index (κ2) is 9.60. The van der Waals surface area contributed by atoms with Crippen LogP contribution in [0.4, 0.5) is 0 Å². The summed E-state index contributed by atoms with van der Waals surface area (Å²) in [5.41, 5.74) is 2.45. The number of rotatable bonds is 6. The largest absolute Gasteiger partial charge is 0.441 e. The van der Waals surface area contributed by atoms with Crippen LogP contribution < -0.4 is 0 Å². The number of hydrogen-bond acceptors (Lipinski definition) is 4. The standard InChI is InChI=1S/C25H27N3O3/c1-19-23(26-24(31-19)21-12-6-3-7-13-21)25(30)28-17-15-27(16-18-28)22(29)14-8-11-20-9-4-2-5-10-20/h2-7,9-10,12-13H,8,11,14-18H2,1H3. The minimum atomic E-state index is -0.139. The predicted octanol–water partition coefficient (Wildman–Crippen LogP) is 3.96. The summed E-state index contributed by atoms with van der Waals surface area (Å²) in [5, 5.41) is 0. The van der Waals surface area contributed by atoms with Crippen LogP contribution in [0.2, 0.25) is 0 Å². The lowest BCUT2D eigenvalue weighted by Crippen LogP contribution is -2.50. The molecule has 2 aromatic carbocycles. The van der Waals surface area contributed by atoms with Gasteiger partial charge in [0, 0.05) is 38.2 Å². The number of oxazole rings is 1. The van der Waals surface area contributed by atoms with E-state index in [0.29, 0.717) is 49.9 Å². The Bertz CT molecular complexity index is 1020. The molecule has 4 rings (SSSR count). The molecule has 1 aromatic heterocycles. The van der Waals surface area contributed by atoms with Crippen LogP contribution in [-0.2, 0) is 11.2 Å². The van der Waals surface area contributed by atoms with Gasteiger partial charge in [0.15, 0.2) is 5.69 Å². The Labute approximate surface area is 182 Å². The molecule has 1 fully saturated rings. The Morgan fingerprint density at radius 3 is 2.19 bits per heavy atom. The summed E-state index contributed by atoms with van der Waals surface area (Å²) in [4.78, 5) is 33.6. The molecule has 0 bridgehead atoms. The molecule has 0 aliphatic carbocycles. The van der Waals surface area contributed by atoms with E-state index < -0.39 is 0 Å². The number of nitrogens with zero attached hydrogens (tertiary/aromatic N) is 3. The zero-order chi connectivity index (χ0) is 21.6. The maximum atomic E-state index is 13.0. The highest BCUT2D eigenvalue weighted by atomic mass is 16.4. The summed E-state index contributed by atoms with van der Waals surface area (Å²) in [6.45, 7) is 3.89. The third-order valence-corrected chi connectivity index (χ3v) is 5.64. The first-order valence-corrected chi connectivity index (χ1v) is 10.8. The molecule has 1 saturated heterocycles. The van der Waals surface area contributed by atoms with Crippen LogP contribution >= 0.6 is 0 Å². The van der Waals surface area contributed by atoms with Crippen molar-refractivity contribution in [2.75, 3.05) is 26.2 Å². The number of carbonyl (C=O) groups excluding carboxylic acids is 2. The Balaban J connectivity index is 1.29. The van der Waals surface area contributed by atoms with Gasteiger partial charge in [-0.05, 0) is 37.5 Å². The van der Waals surface area contributed by atoms with Crippen molar-refractivity contribution in [2.24, 2.45) is 0 Å². The summed E-state index contributed by atoms with van der Waals surface area (Å²) >= 11 is 0. The average Bonchev–Trinajstić information content (AvgIpc) is 3.21. The van der Waals surface area contributed by atoms with Crippen LogP contribution in [0.1, 0.15) is 34.7 Å². The molecule has 6 heteroatoms. The molecule has 0 saturated carbocycles. The van der Waals surface area contributed by atoms with Crippen molar-refractivity contribution in [3.05, 3.63) is 77.7 Å². The molecule has 0 radical (unpaired) electrons. The van der Waals surface area contributed by atoms with E-state index >= 15 is 0 Å². The molecular weight excluding hydrogens is 390 g/mol. The maximum absolute atomic E-state index is 13.0. The van der Waals surface area contributed by atoms with Gasteiger partial charge in [0.05, 0.1) is 0 Å². The molecule has 0 unspecified atom stereocenters. The minimum absolute atomic E-state index is 0.139. The first kappa shape index (κ1) is 20.8. The number of aryl methyl sites for hydroxylation is 2. The molecule has 2 amide bonds. The second-order valence-corrected chi connectivity index (χ2v) is 7.80. The van der Waals surface area contributed by atoms with E-state index in [1.165, 1.54) is 5.56 Å². The topological polar surface area (TPSA) is 66.7 Å². The summed E-state index contributed by atoms with van der Waals surface area (Å²) in [7, 11) is 0.